The first-order valence-electron chi connectivity index (χ1n) is 5.52. The van der Waals surface area contributed by atoms with Gasteiger partial charge < -0.3 is 4.79 Å². The zero-order valence-electron chi connectivity index (χ0n) is 10.6. The first-order chi connectivity index (χ1) is 7.71. The van der Waals surface area contributed by atoms with Gasteiger partial charge in [-0.15, -0.1) is 0 Å². The smallest absolute Gasteiger partial charge is 0.180 e. The Bertz CT molecular complexity index is 513. The van der Waals surface area contributed by atoms with Crippen molar-refractivity contribution in [3.05, 3.63) is 29.8 Å². The Morgan fingerprint density at radius 1 is 1.24 bits per heavy atom. The molecule has 0 aliphatic rings. The lowest BCUT2D eigenvalue weighted by atomic mass is 9.86. The minimum absolute atomic E-state index is 0.278. The minimum Gasteiger partial charge on any atom is -0.302 e. The van der Waals surface area contributed by atoms with Crippen LogP contribution < -0.4 is 0 Å². The molecule has 0 spiro atoms. The second-order valence-corrected chi connectivity index (χ2v) is 7.47. The van der Waals surface area contributed by atoms with Crippen molar-refractivity contribution in [3.8, 4) is 0 Å². The largest absolute Gasteiger partial charge is 0.302 e. The number of carbonyl (C=O) groups is 1. The van der Waals surface area contributed by atoms with Crippen molar-refractivity contribution in [3.63, 3.8) is 0 Å². The molecule has 94 valence electrons. The Morgan fingerprint density at radius 2 is 1.82 bits per heavy atom. The topological polar surface area (TPSA) is 51.2 Å². The summed E-state index contributed by atoms with van der Waals surface area (Å²) in [6.45, 7) is 6.82. The van der Waals surface area contributed by atoms with Gasteiger partial charge in [-0.1, -0.05) is 12.1 Å². The van der Waals surface area contributed by atoms with Crippen molar-refractivity contribution in [2.24, 2.45) is 0 Å². The second-order valence-electron chi connectivity index (χ2n) is 4.96. The van der Waals surface area contributed by atoms with E-state index < -0.39 is 20.5 Å². The van der Waals surface area contributed by atoms with Crippen LogP contribution in [-0.2, 0) is 20.0 Å². The van der Waals surface area contributed by atoms with Crippen molar-refractivity contribution in [2.45, 2.75) is 43.3 Å². The lowest BCUT2D eigenvalue weighted by Gasteiger charge is -2.18. The number of rotatable bonds is 4. The highest BCUT2D eigenvalue weighted by atomic mass is 32.2. The first-order valence-corrected chi connectivity index (χ1v) is 7.07. The maximum atomic E-state index is 12.0. The van der Waals surface area contributed by atoms with Crippen molar-refractivity contribution >= 4 is 16.1 Å². The van der Waals surface area contributed by atoms with Crippen LogP contribution in [0.3, 0.4) is 0 Å². The summed E-state index contributed by atoms with van der Waals surface area (Å²) in [7, 11) is -3.28. The molecule has 0 bridgehead atoms. The van der Waals surface area contributed by atoms with Crippen LogP contribution in [0.15, 0.2) is 29.2 Å². The summed E-state index contributed by atoms with van der Waals surface area (Å²) in [5.74, 6) is 0. The van der Waals surface area contributed by atoms with Crippen molar-refractivity contribution in [2.75, 3.05) is 0 Å². The summed E-state index contributed by atoms with van der Waals surface area (Å²) < 4.78 is 24.0. The van der Waals surface area contributed by atoms with Crippen LogP contribution in [0.2, 0.25) is 0 Å². The molecule has 3 nitrogen and oxygen atoms in total. The van der Waals surface area contributed by atoms with E-state index in [0.29, 0.717) is 5.56 Å². The van der Waals surface area contributed by atoms with Gasteiger partial charge >= 0.3 is 0 Å². The van der Waals surface area contributed by atoms with Gasteiger partial charge in [-0.25, -0.2) is 8.42 Å². The fourth-order valence-corrected chi connectivity index (χ4v) is 2.52. The van der Waals surface area contributed by atoms with E-state index in [-0.39, 0.29) is 4.90 Å². The molecule has 0 radical (unpaired) electrons. The van der Waals surface area contributed by atoms with Crippen molar-refractivity contribution < 1.29 is 13.2 Å². The normalized spacial score (nSPS) is 12.8. The predicted octanol–water partition coefficient (Wildman–Crippen LogP) is 2.35. The molecular weight excluding hydrogens is 236 g/mol. The highest BCUT2D eigenvalue weighted by Crippen LogP contribution is 2.24. The van der Waals surface area contributed by atoms with Crippen LogP contribution in [0.25, 0.3) is 0 Å². The van der Waals surface area contributed by atoms with E-state index in [2.05, 4.69) is 0 Å². The number of hydrogen-bond donors (Lipinski definition) is 0. The highest BCUT2D eigenvalue weighted by Gasteiger charge is 2.24. The van der Waals surface area contributed by atoms with Crippen LogP contribution in [0, 0.1) is 0 Å². The van der Waals surface area contributed by atoms with Crippen LogP contribution in [0.4, 0.5) is 0 Å². The number of carbonyl (C=O) groups excluding carboxylic acids is 1. The Labute approximate surface area is 103 Å². The standard InChI is InChI=1S/C13H18O3S/c1-10(2)17(15,16)12-7-5-6-11(8-12)13(3,4)9-14/h5-10H,1-4H3. The molecule has 4 heteroatoms. The van der Waals surface area contributed by atoms with Gasteiger partial charge in [0.05, 0.1) is 10.1 Å². The van der Waals surface area contributed by atoms with E-state index in [9.17, 15) is 13.2 Å². The number of benzene rings is 1. The lowest BCUT2D eigenvalue weighted by molar-refractivity contribution is -0.111. The first kappa shape index (κ1) is 13.9. The van der Waals surface area contributed by atoms with E-state index in [4.69, 9.17) is 0 Å². The summed E-state index contributed by atoms with van der Waals surface area (Å²) in [6.07, 6.45) is 0.827. The molecule has 1 aromatic carbocycles. The van der Waals surface area contributed by atoms with Gasteiger partial charge in [0.2, 0.25) is 0 Å². The summed E-state index contributed by atoms with van der Waals surface area (Å²) in [5.41, 5.74) is 0.0527. The van der Waals surface area contributed by atoms with E-state index >= 15 is 0 Å². The van der Waals surface area contributed by atoms with Gasteiger partial charge in [0, 0.05) is 5.41 Å². The molecule has 0 N–H and O–H groups in total. The molecule has 17 heavy (non-hydrogen) atoms. The number of aldehydes is 1. The molecule has 0 heterocycles. The fourth-order valence-electron chi connectivity index (χ4n) is 1.41. The highest BCUT2D eigenvalue weighted by molar-refractivity contribution is 7.92. The van der Waals surface area contributed by atoms with Gasteiger partial charge in [-0.05, 0) is 45.4 Å². The number of sulfone groups is 1. The average Bonchev–Trinajstić information content (AvgIpc) is 2.29. The molecular formula is C13H18O3S. The molecule has 1 rings (SSSR count). The lowest BCUT2D eigenvalue weighted by Crippen LogP contribution is -2.20. The van der Waals surface area contributed by atoms with E-state index in [1.165, 1.54) is 0 Å². The molecule has 0 aromatic heterocycles. The SMILES string of the molecule is CC(C)S(=O)(=O)c1cccc(C(C)(C)C=O)c1. The van der Waals surface area contributed by atoms with Crippen LogP contribution in [0.5, 0.6) is 0 Å². The van der Waals surface area contributed by atoms with Gasteiger partial charge in [-0.2, -0.15) is 0 Å². The van der Waals surface area contributed by atoms with E-state index in [0.717, 1.165) is 6.29 Å². The summed E-state index contributed by atoms with van der Waals surface area (Å²) in [5, 5.41) is -0.461. The van der Waals surface area contributed by atoms with E-state index in [1.807, 2.05) is 0 Å². The van der Waals surface area contributed by atoms with Crippen LogP contribution in [0.1, 0.15) is 33.3 Å². The molecule has 0 amide bonds. The third kappa shape index (κ3) is 2.75. The molecule has 0 aliphatic heterocycles. The van der Waals surface area contributed by atoms with E-state index in [1.54, 1.807) is 52.0 Å². The summed E-state index contributed by atoms with van der Waals surface area (Å²) >= 11 is 0. The van der Waals surface area contributed by atoms with Crippen LogP contribution in [-0.4, -0.2) is 20.0 Å². The van der Waals surface area contributed by atoms with Gasteiger partial charge in [-0.3, -0.25) is 0 Å². The molecule has 0 aliphatic carbocycles. The Hall–Kier alpha value is -1.16. The Balaban J connectivity index is 3.34. The predicted molar refractivity (Wildman–Crippen MR) is 67.9 cm³/mol. The van der Waals surface area contributed by atoms with Crippen molar-refractivity contribution in [1.82, 2.24) is 0 Å². The zero-order chi connectivity index (χ0) is 13.3. The third-order valence-corrected chi connectivity index (χ3v) is 4.97. The molecule has 0 atom stereocenters. The third-order valence-electron chi connectivity index (χ3n) is 2.82. The number of hydrogen-bond acceptors (Lipinski definition) is 3. The molecule has 0 unspecified atom stereocenters. The maximum absolute atomic E-state index is 12.0. The summed E-state index contributed by atoms with van der Waals surface area (Å²) in [6, 6.07) is 6.60. The Kier molecular flexibility index (Phi) is 3.77. The van der Waals surface area contributed by atoms with Gasteiger partial charge in [0.1, 0.15) is 6.29 Å². The Morgan fingerprint density at radius 3 is 2.29 bits per heavy atom. The van der Waals surface area contributed by atoms with Crippen LogP contribution >= 0.6 is 0 Å². The molecule has 1 aromatic rings. The molecule has 0 saturated heterocycles. The average molecular weight is 254 g/mol. The fraction of sp³-hybridized carbons (Fsp3) is 0.462. The van der Waals surface area contributed by atoms with Gasteiger partial charge in [0.25, 0.3) is 0 Å². The quantitative estimate of drug-likeness (QED) is 0.775. The second kappa shape index (κ2) is 4.61. The molecule has 0 saturated carbocycles. The van der Waals surface area contributed by atoms with Crippen molar-refractivity contribution in [1.29, 1.82) is 0 Å². The molecule has 0 fully saturated rings. The van der Waals surface area contributed by atoms with Gasteiger partial charge in [0.15, 0.2) is 9.84 Å². The monoisotopic (exact) mass is 254 g/mol. The summed E-state index contributed by atoms with van der Waals surface area (Å²) in [4.78, 5) is 11.3. The zero-order valence-corrected chi connectivity index (χ0v) is 11.4. The minimum atomic E-state index is -3.28. The maximum Gasteiger partial charge on any atom is 0.180 e.